The summed E-state index contributed by atoms with van der Waals surface area (Å²) >= 11 is 0. The molecule has 0 atom stereocenters. The van der Waals surface area contributed by atoms with Gasteiger partial charge in [-0.15, -0.1) is 0 Å². The first kappa shape index (κ1) is 12.8. The van der Waals surface area contributed by atoms with Gasteiger partial charge >= 0.3 is 0 Å². The molecule has 0 aliphatic heterocycles. The highest BCUT2D eigenvalue weighted by molar-refractivity contribution is 5.82. The average Bonchev–Trinajstić information content (AvgIpc) is 2.55. The van der Waals surface area contributed by atoms with E-state index in [4.69, 9.17) is 0 Å². The summed E-state index contributed by atoms with van der Waals surface area (Å²) in [6.45, 7) is 2.07. The summed E-state index contributed by atoms with van der Waals surface area (Å²) in [5, 5.41) is 1.10. The molecular weight excluding hydrogens is 272 g/mol. The van der Waals surface area contributed by atoms with Gasteiger partial charge in [0, 0.05) is 24.2 Å². The van der Waals surface area contributed by atoms with Crippen LogP contribution in [0.2, 0.25) is 0 Å². The van der Waals surface area contributed by atoms with Crippen LogP contribution in [0.15, 0.2) is 55.1 Å². The SMILES string of the molecule is Cc1ccc2c(Cc3ccc4nccnc4c3)ncnc2c1. The number of rotatable bonds is 2. The molecule has 106 valence electrons. The van der Waals surface area contributed by atoms with Crippen molar-refractivity contribution in [3.05, 3.63) is 71.9 Å². The zero-order valence-electron chi connectivity index (χ0n) is 12.2. The number of fused-ring (bicyclic) bond motifs is 2. The average molecular weight is 286 g/mol. The molecule has 0 aliphatic rings. The summed E-state index contributed by atoms with van der Waals surface area (Å²) in [5.74, 6) is 0. The van der Waals surface area contributed by atoms with Gasteiger partial charge in [0.05, 0.1) is 22.2 Å². The van der Waals surface area contributed by atoms with Crippen LogP contribution in [0.5, 0.6) is 0 Å². The molecule has 0 amide bonds. The van der Waals surface area contributed by atoms with E-state index in [1.807, 2.05) is 6.07 Å². The molecule has 0 N–H and O–H groups in total. The van der Waals surface area contributed by atoms with Gasteiger partial charge in [-0.2, -0.15) is 0 Å². The van der Waals surface area contributed by atoms with Crippen molar-refractivity contribution in [3.8, 4) is 0 Å². The lowest BCUT2D eigenvalue weighted by Gasteiger charge is -2.06. The summed E-state index contributed by atoms with van der Waals surface area (Å²) < 4.78 is 0. The Labute approximate surface area is 127 Å². The van der Waals surface area contributed by atoms with E-state index in [0.29, 0.717) is 0 Å². The summed E-state index contributed by atoms with van der Waals surface area (Å²) in [6, 6.07) is 12.4. The van der Waals surface area contributed by atoms with Gasteiger partial charge in [-0.25, -0.2) is 9.97 Å². The van der Waals surface area contributed by atoms with Gasteiger partial charge < -0.3 is 0 Å². The van der Waals surface area contributed by atoms with Crippen LogP contribution in [0, 0.1) is 6.92 Å². The van der Waals surface area contributed by atoms with Crippen LogP contribution < -0.4 is 0 Å². The molecular formula is C18H14N4. The minimum absolute atomic E-state index is 0.759. The maximum atomic E-state index is 4.46. The highest BCUT2D eigenvalue weighted by atomic mass is 14.8. The number of benzene rings is 2. The third kappa shape index (κ3) is 2.29. The molecule has 2 aromatic carbocycles. The van der Waals surface area contributed by atoms with Crippen molar-refractivity contribution in [2.75, 3.05) is 0 Å². The Morgan fingerprint density at radius 3 is 2.55 bits per heavy atom. The molecule has 0 fully saturated rings. The fourth-order valence-electron chi connectivity index (χ4n) is 2.68. The molecule has 0 aliphatic carbocycles. The molecule has 22 heavy (non-hydrogen) atoms. The molecule has 2 aromatic heterocycles. The van der Waals surface area contributed by atoms with E-state index in [1.165, 1.54) is 11.1 Å². The maximum Gasteiger partial charge on any atom is 0.116 e. The highest BCUT2D eigenvalue weighted by Gasteiger charge is 2.06. The third-order valence-electron chi connectivity index (χ3n) is 3.78. The van der Waals surface area contributed by atoms with E-state index in [0.717, 1.165) is 34.1 Å². The fraction of sp³-hybridized carbons (Fsp3) is 0.111. The van der Waals surface area contributed by atoms with Gasteiger partial charge in [0.1, 0.15) is 6.33 Å². The minimum Gasteiger partial charge on any atom is -0.253 e. The fourth-order valence-corrected chi connectivity index (χ4v) is 2.68. The van der Waals surface area contributed by atoms with E-state index in [9.17, 15) is 0 Å². The standard InChI is InChI=1S/C18H14N4/c1-12-2-4-14-16(8-12)21-11-22-17(14)9-13-3-5-15-18(10-13)20-7-6-19-15/h2-8,10-11H,9H2,1H3. The van der Waals surface area contributed by atoms with E-state index in [2.05, 4.69) is 57.2 Å². The van der Waals surface area contributed by atoms with Gasteiger partial charge in [0.2, 0.25) is 0 Å². The molecule has 4 aromatic rings. The number of nitrogens with zero attached hydrogens (tertiary/aromatic N) is 4. The van der Waals surface area contributed by atoms with Crippen molar-refractivity contribution in [2.24, 2.45) is 0 Å². The van der Waals surface area contributed by atoms with Crippen molar-refractivity contribution in [3.63, 3.8) is 0 Å². The number of aryl methyl sites for hydroxylation is 1. The number of hydrogen-bond donors (Lipinski definition) is 0. The van der Waals surface area contributed by atoms with Crippen molar-refractivity contribution in [1.29, 1.82) is 0 Å². The van der Waals surface area contributed by atoms with Gasteiger partial charge in [0.15, 0.2) is 0 Å². The molecule has 0 saturated heterocycles. The molecule has 0 saturated carbocycles. The Morgan fingerprint density at radius 2 is 1.64 bits per heavy atom. The van der Waals surface area contributed by atoms with Gasteiger partial charge in [-0.3, -0.25) is 9.97 Å². The first-order chi connectivity index (χ1) is 10.8. The summed E-state index contributed by atoms with van der Waals surface area (Å²) in [5.41, 5.74) is 6.23. The second-order valence-electron chi connectivity index (χ2n) is 5.40. The summed E-state index contributed by atoms with van der Waals surface area (Å²) in [4.78, 5) is 17.5. The lowest BCUT2D eigenvalue weighted by molar-refractivity contribution is 1.06. The lowest BCUT2D eigenvalue weighted by atomic mass is 10.0. The van der Waals surface area contributed by atoms with E-state index < -0.39 is 0 Å². The number of aromatic nitrogens is 4. The van der Waals surface area contributed by atoms with Gasteiger partial charge in [0.25, 0.3) is 0 Å². The minimum atomic E-state index is 0.759. The first-order valence-electron chi connectivity index (χ1n) is 7.19. The molecule has 0 unspecified atom stereocenters. The smallest absolute Gasteiger partial charge is 0.116 e. The van der Waals surface area contributed by atoms with Gasteiger partial charge in [-0.1, -0.05) is 18.2 Å². The Bertz CT molecular complexity index is 979. The Kier molecular flexibility index (Phi) is 3.00. The molecule has 0 bridgehead atoms. The van der Waals surface area contributed by atoms with Crippen molar-refractivity contribution in [2.45, 2.75) is 13.3 Å². The monoisotopic (exact) mass is 286 g/mol. The van der Waals surface area contributed by atoms with Crippen molar-refractivity contribution < 1.29 is 0 Å². The topological polar surface area (TPSA) is 51.6 Å². The lowest BCUT2D eigenvalue weighted by Crippen LogP contribution is -1.96. The summed E-state index contributed by atoms with van der Waals surface area (Å²) in [6.07, 6.45) is 5.82. The Balaban J connectivity index is 1.78. The third-order valence-corrected chi connectivity index (χ3v) is 3.78. The van der Waals surface area contributed by atoms with E-state index >= 15 is 0 Å². The summed E-state index contributed by atoms with van der Waals surface area (Å²) in [7, 11) is 0. The van der Waals surface area contributed by atoms with E-state index in [1.54, 1.807) is 18.7 Å². The van der Waals surface area contributed by atoms with Gasteiger partial charge in [-0.05, 0) is 36.2 Å². The second-order valence-corrected chi connectivity index (χ2v) is 5.40. The molecule has 4 rings (SSSR count). The molecule has 2 heterocycles. The molecule has 4 nitrogen and oxygen atoms in total. The predicted octanol–water partition coefficient (Wildman–Crippen LogP) is 3.47. The zero-order chi connectivity index (χ0) is 14.9. The van der Waals surface area contributed by atoms with Crippen LogP contribution in [0.25, 0.3) is 21.9 Å². The number of hydrogen-bond acceptors (Lipinski definition) is 4. The zero-order valence-corrected chi connectivity index (χ0v) is 12.2. The predicted molar refractivity (Wildman–Crippen MR) is 86.6 cm³/mol. The molecule has 0 radical (unpaired) electrons. The van der Waals surface area contributed by atoms with Crippen LogP contribution in [0.1, 0.15) is 16.8 Å². The molecule has 4 heteroatoms. The molecule has 0 spiro atoms. The quantitative estimate of drug-likeness (QED) is 0.566. The van der Waals surface area contributed by atoms with Crippen LogP contribution in [0.4, 0.5) is 0 Å². The van der Waals surface area contributed by atoms with Crippen LogP contribution in [0.3, 0.4) is 0 Å². The normalized spacial score (nSPS) is 11.1. The maximum absolute atomic E-state index is 4.46. The first-order valence-corrected chi connectivity index (χ1v) is 7.19. The van der Waals surface area contributed by atoms with Crippen molar-refractivity contribution >= 4 is 21.9 Å². The van der Waals surface area contributed by atoms with Crippen LogP contribution in [-0.4, -0.2) is 19.9 Å². The Morgan fingerprint density at radius 1 is 0.773 bits per heavy atom. The Hall–Kier alpha value is -2.88. The van der Waals surface area contributed by atoms with Crippen LogP contribution >= 0.6 is 0 Å². The second kappa shape index (κ2) is 5.15. The van der Waals surface area contributed by atoms with Crippen molar-refractivity contribution in [1.82, 2.24) is 19.9 Å². The highest BCUT2D eigenvalue weighted by Crippen LogP contribution is 2.20. The van der Waals surface area contributed by atoms with E-state index in [-0.39, 0.29) is 0 Å². The van der Waals surface area contributed by atoms with Crippen LogP contribution in [-0.2, 0) is 6.42 Å². The largest absolute Gasteiger partial charge is 0.253 e.